The Hall–Kier alpha value is -1.81. The summed E-state index contributed by atoms with van der Waals surface area (Å²) in [7, 11) is -4.58. The molecule has 0 aliphatic carbocycles. The summed E-state index contributed by atoms with van der Waals surface area (Å²) < 4.78 is 21.4. The van der Waals surface area contributed by atoms with E-state index < -0.39 is 7.82 Å². The zero-order valence-corrected chi connectivity index (χ0v) is 23.1. The number of amides is 1. The molecule has 2 aromatic rings. The van der Waals surface area contributed by atoms with Crippen LogP contribution in [0.1, 0.15) is 75.3 Å². The minimum absolute atomic E-state index is 0. The minimum Gasteiger partial charge on any atom is -0.494 e. The van der Waals surface area contributed by atoms with Gasteiger partial charge in [-0.3, -0.25) is 9.32 Å². The van der Waals surface area contributed by atoms with Crippen LogP contribution < -0.4 is 10.9 Å². The SMILES string of the molecule is CCCCCCCCCCOc1cccc(CCC(=O)N(CCOP(=O)(O)O)Cc2nccs2)c1.N. The van der Waals surface area contributed by atoms with Crippen molar-refractivity contribution < 1.29 is 28.4 Å². The van der Waals surface area contributed by atoms with Gasteiger partial charge in [-0.05, 0) is 30.5 Å². The second kappa shape index (κ2) is 18.4. The summed E-state index contributed by atoms with van der Waals surface area (Å²) in [4.78, 5) is 36.4. The minimum atomic E-state index is -4.58. The smallest absolute Gasteiger partial charge is 0.469 e. The third kappa shape index (κ3) is 14.7. The van der Waals surface area contributed by atoms with Gasteiger partial charge in [0.25, 0.3) is 0 Å². The van der Waals surface area contributed by atoms with Crippen molar-refractivity contribution in [2.75, 3.05) is 19.8 Å². The number of unbranched alkanes of at least 4 members (excludes halogenated alkanes) is 7. The van der Waals surface area contributed by atoms with E-state index in [-0.39, 0.29) is 38.2 Å². The summed E-state index contributed by atoms with van der Waals surface area (Å²) in [5.41, 5.74) is 1.01. The molecule has 0 fully saturated rings. The molecule has 0 bridgehead atoms. The fourth-order valence-corrected chi connectivity index (χ4v) is 4.63. The van der Waals surface area contributed by atoms with E-state index in [1.807, 2.05) is 29.6 Å². The summed E-state index contributed by atoms with van der Waals surface area (Å²) in [6.07, 6.45) is 12.5. The average molecular weight is 544 g/mol. The monoisotopic (exact) mass is 543 g/mol. The highest BCUT2D eigenvalue weighted by atomic mass is 32.1. The first-order chi connectivity index (χ1) is 16.9. The van der Waals surface area contributed by atoms with E-state index in [9.17, 15) is 9.36 Å². The van der Waals surface area contributed by atoms with Crippen molar-refractivity contribution >= 4 is 25.1 Å². The van der Waals surface area contributed by atoms with E-state index in [1.54, 1.807) is 6.20 Å². The van der Waals surface area contributed by atoms with Crippen LogP contribution in [0.4, 0.5) is 0 Å². The molecule has 0 unspecified atom stereocenters. The molecule has 1 amide bonds. The number of thiazole rings is 1. The number of nitrogens with zero attached hydrogens (tertiary/aromatic N) is 2. The number of hydrogen-bond donors (Lipinski definition) is 3. The lowest BCUT2D eigenvalue weighted by Crippen LogP contribution is -2.33. The predicted molar refractivity (Wildman–Crippen MR) is 143 cm³/mol. The number of aromatic nitrogens is 1. The first-order valence-corrected chi connectivity index (χ1v) is 14.9. The molecule has 204 valence electrons. The number of phosphoric ester groups is 1. The molecule has 0 atom stereocenters. The Labute approximate surface area is 219 Å². The Morgan fingerprint density at radius 1 is 1.08 bits per heavy atom. The maximum absolute atomic E-state index is 12.9. The van der Waals surface area contributed by atoms with Crippen molar-refractivity contribution in [3.8, 4) is 5.75 Å². The Kier molecular flexibility index (Phi) is 16.5. The number of ether oxygens (including phenoxy) is 1. The fraction of sp³-hybridized carbons (Fsp3) is 0.600. The highest BCUT2D eigenvalue weighted by molar-refractivity contribution is 7.46. The van der Waals surface area contributed by atoms with Crippen LogP contribution >= 0.6 is 19.2 Å². The topological polar surface area (TPSA) is 144 Å². The van der Waals surface area contributed by atoms with Gasteiger partial charge in [-0.15, -0.1) is 11.3 Å². The third-order valence-electron chi connectivity index (χ3n) is 5.58. The molecule has 0 radical (unpaired) electrons. The van der Waals surface area contributed by atoms with Crippen LogP contribution in [-0.2, 0) is 26.8 Å². The van der Waals surface area contributed by atoms with Crippen LogP contribution in [0.3, 0.4) is 0 Å². The van der Waals surface area contributed by atoms with Gasteiger partial charge in [-0.1, -0.05) is 64.0 Å². The van der Waals surface area contributed by atoms with E-state index in [0.29, 0.717) is 13.0 Å². The molecule has 2 rings (SSSR count). The van der Waals surface area contributed by atoms with Crippen molar-refractivity contribution in [2.45, 2.75) is 77.7 Å². The van der Waals surface area contributed by atoms with Gasteiger partial charge in [0.15, 0.2) is 0 Å². The van der Waals surface area contributed by atoms with Crippen molar-refractivity contribution in [1.29, 1.82) is 0 Å². The molecular weight excluding hydrogens is 501 g/mol. The lowest BCUT2D eigenvalue weighted by Gasteiger charge is -2.22. The summed E-state index contributed by atoms with van der Waals surface area (Å²) in [6, 6.07) is 7.81. The largest absolute Gasteiger partial charge is 0.494 e. The van der Waals surface area contributed by atoms with Crippen LogP contribution in [0.5, 0.6) is 5.75 Å². The first-order valence-electron chi connectivity index (χ1n) is 12.5. The van der Waals surface area contributed by atoms with Gasteiger partial charge in [0.1, 0.15) is 10.8 Å². The Bertz CT molecular complexity index is 894. The van der Waals surface area contributed by atoms with Crippen LogP contribution in [0.25, 0.3) is 0 Å². The average Bonchev–Trinajstić information content (AvgIpc) is 3.33. The fourth-order valence-electron chi connectivity index (χ4n) is 3.68. The van der Waals surface area contributed by atoms with E-state index in [0.717, 1.165) is 22.7 Å². The summed E-state index contributed by atoms with van der Waals surface area (Å²) in [5.74, 6) is 0.687. The molecule has 1 aromatic carbocycles. The molecular formula is C25H42N3O6PS. The maximum atomic E-state index is 12.9. The molecule has 1 aromatic heterocycles. The molecule has 0 aliphatic heterocycles. The zero-order valence-electron chi connectivity index (χ0n) is 21.3. The number of rotatable bonds is 19. The van der Waals surface area contributed by atoms with Crippen LogP contribution in [0.15, 0.2) is 35.8 Å². The molecule has 0 saturated heterocycles. The van der Waals surface area contributed by atoms with Gasteiger partial charge < -0.3 is 25.6 Å². The summed E-state index contributed by atoms with van der Waals surface area (Å²) >= 11 is 1.42. The van der Waals surface area contributed by atoms with Crippen molar-refractivity contribution in [3.63, 3.8) is 0 Å². The van der Waals surface area contributed by atoms with Gasteiger partial charge in [-0.25, -0.2) is 9.55 Å². The molecule has 11 heteroatoms. The number of phosphoric acid groups is 1. The molecule has 9 nitrogen and oxygen atoms in total. The zero-order chi connectivity index (χ0) is 25.4. The van der Waals surface area contributed by atoms with E-state index in [2.05, 4.69) is 16.4 Å². The third-order valence-corrected chi connectivity index (χ3v) is 6.86. The van der Waals surface area contributed by atoms with Crippen molar-refractivity contribution in [3.05, 3.63) is 46.4 Å². The van der Waals surface area contributed by atoms with Crippen LogP contribution in [0, 0.1) is 0 Å². The van der Waals surface area contributed by atoms with E-state index in [1.165, 1.54) is 61.2 Å². The predicted octanol–water partition coefficient (Wildman–Crippen LogP) is 5.90. The van der Waals surface area contributed by atoms with E-state index >= 15 is 0 Å². The highest BCUT2D eigenvalue weighted by Gasteiger charge is 2.19. The van der Waals surface area contributed by atoms with Gasteiger partial charge >= 0.3 is 7.82 Å². The number of benzene rings is 1. The second-order valence-electron chi connectivity index (χ2n) is 8.54. The quantitative estimate of drug-likeness (QED) is 0.147. The van der Waals surface area contributed by atoms with Crippen LogP contribution in [-0.4, -0.2) is 45.3 Å². The number of carbonyl (C=O) groups excluding carboxylic acids is 1. The Morgan fingerprint density at radius 2 is 1.81 bits per heavy atom. The lowest BCUT2D eigenvalue weighted by molar-refractivity contribution is -0.132. The maximum Gasteiger partial charge on any atom is 0.469 e. The molecule has 36 heavy (non-hydrogen) atoms. The molecule has 0 saturated carbocycles. The normalized spacial score (nSPS) is 11.2. The Balaban J connectivity index is 0.00000648. The molecule has 1 heterocycles. The van der Waals surface area contributed by atoms with Crippen molar-refractivity contribution in [2.24, 2.45) is 0 Å². The molecule has 5 N–H and O–H groups in total. The van der Waals surface area contributed by atoms with Crippen LogP contribution in [0.2, 0.25) is 0 Å². The standard InChI is InChI=1S/C25H39N2O6PS.H3N/c1-2-3-4-5-6-7-8-9-17-32-23-12-10-11-22(20-23)13-14-25(28)27(16-18-33-34(29,30)31)21-24-26-15-19-35-24;/h10-12,15,19-20H,2-9,13-14,16-18,21H2,1H3,(H2,29,30,31);1H3. The first kappa shape index (κ1) is 32.2. The Morgan fingerprint density at radius 3 is 2.47 bits per heavy atom. The van der Waals surface area contributed by atoms with Gasteiger partial charge in [-0.2, -0.15) is 0 Å². The van der Waals surface area contributed by atoms with E-state index in [4.69, 9.17) is 14.5 Å². The number of carbonyl (C=O) groups is 1. The summed E-state index contributed by atoms with van der Waals surface area (Å²) in [6.45, 7) is 3.04. The highest BCUT2D eigenvalue weighted by Crippen LogP contribution is 2.35. The number of aryl methyl sites for hydroxylation is 1. The second-order valence-corrected chi connectivity index (χ2v) is 10.8. The van der Waals surface area contributed by atoms with Gasteiger partial charge in [0.05, 0.1) is 19.8 Å². The lowest BCUT2D eigenvalue weighted by atomic mass is 10.1. The number of hydrogen-bond acceptors (Lipinski definition) is 7. The summed E-state index contributed by atoms with van der Waals surface area (Å²) in [5, 5.41) is 2.58. The van der Waals surface area contributed by atoms with Gasteiger partial charge in [0.2, 0.25) is 5.91 Å². The molecule has 0 spiro atoms. The van der Waals surface area contributed by atoms with Gasteiger partial charge in [0, 0.05) is 24.5 Å². The molecule has 0 aliphatic rings. The van der Waals surface area contributed by atoms with Crippen molar-refractivity contribution in [1.82, 2.24) is 16.0 Å².